The Labute approximate surface area is 85.0 Å². The molecular formula is C10H19NO3. The number of nitrogens with one attached hydrogen (secondary N) is 1. The molecule has 0 saturated carbocycles. The first-order chi connectivity index (χ1) is 6.18. The number of carbonyl (C=O) groups excluding carboxylic acids is 2. The van der Waals surface area contributed by atoms with E-state index in [1.807, 2.05) is 27.7 Å². The average Bonchev–Trinajstić information content (AvgIpc) is 1.78. The molecule has 0 unspecified atom stereocenters. The van der Waals surface area contributed by atoms with E-state index in [4.69, 9.17) is 4.74 Å². The molecule has 0 aromatic heterocycles. The van der Waals surface area contributed by atoms with Crippen molar-refractivity contribution in [1.29, 1.82) is 0 Å². The average molecular weight is 201 g/mol. The van der Waals surface area contributed by atoms with Crippen molar-refractivity contribution >= 4 is 12.4 Å². The summed E-state index contributed by atoms with van der Waals surface area (Å²) in [6.45, 7) is 8.78. The minimum atomic E-state index is -0.564. The van der Waals surface area contributed by atoms with Crippen molar-refractivity contribution in [3.63, 3.8) is 0 Å². The van der Waals surface area contributed by atoms with Gasteiger partial charge in [-0.15, -0.1) is 0 Å². The summed E-state index contributed by atoms with van der Waals surface area (Å²) in [4.78, 5) is 21.1. The SMILES string of the molecule is CC(=O)OC(C)(C)CC(C)(C)NC=O. The highest BCUT2D eigenvalue weighted by Crippen LogP contribution is 2.23. The van der Waals surface area contributed by atoms with E-state index in [1.165, 1.54) is 6.92 Å². The third-order valence-corrected chi connectivity index (χ3v) is 1.74. The highest BCUT2D eigenvalue weighted by atomic mass is 16.6. The van der Waals surface area contributed by atoms with Gasteiger partial charge in [-0.05, 0) is 27.7 Å². The molecule has 0 saturated heterocycles. The molecule has 14 heavy (non-hydrogen) atoms. The van der Waals surface area contributed by atoms with Crippen LogP contribution in [0.15, 0.2) is 0 Å². The first-order valence-corrected chi connectivity index (χ1v) is 4.59. The Morgan fingerprint density at radius 2 is 1.86 bits per heavy atom. The Kier molecular flexibility index (Phi) is 4.10. The molecule has 4 nitrogen and oxygen atoms in total. The molecule has 4 heteroatoms. The fourth-order valence-corrected chi connectivity index (χ4v) is 1.70. The lowest BCUT2D eigenvalue weighted by atomic mass is 9.89. The first-order valence-electron chi connectivity index (χ1n) is 4.59. The summed E-state index contributed by atoms with van der Waals surface area (Å²) in [5.41, 5.74) is -0.938. The molecule has 0 bridgehead atoms. The van der Waals surface area contributed by atoms with E-state index in [1.54, 1.807) is 0 Å². The highest BCUT2D eigenvalue weighted by molar-refractivity contribution is 5.66. The lowest BCUT2D eigenvalue weighted by Crippen LogP contribution is -2.45. The van der Waals surface area contributed by atoms with E-state index in [0.717, 1.165) is 0 Å². The molecule has 1 amide bonds. The second-order valence-electron chi connectivity index (χ2n) is 4.68. The highest BCUT2D eigenvalue weighted by Gasteiger charge is 2.30. The zero-order valence-corrected chi connectivity index (χ0v) is 9.51. The minimum absolute atomic E-state index is 0.308. The smallest absolute Gasteiger partial charge is 0.303 e. The fraction of sp³-hybridized carbons (Fsp3) is 0.800. The molecule has 0 aliphatic rings. The molecule has 0 fully saturated rings. The molecule has 0 spiro atoms. The molecule has 1 N–H and O–H groups in total. The normalized spacial score (nSPS) is 12.1. The van der Waals surface area contributed by atoms with E-state index in [0.29, 0.717) is 12.8 Å². The number of rotatable bonds is 5. The third-order valence-electron chi connectivity index (χ3n) is 1.74. The fourth-order valence-electron chi connectivity index (χ4n) is 1.70. The van der Waals surface area contributed by atoms with Crippen LogP contribution < -0.4 is 5.32 Å². The van der Waals surface area contributed by atoms with Crippen molar-refractivity contribution < 1.29 is 14.3 Å². The Hall–Kier alpha value is -1.06. The van der Waals surface area contributed by atoms with Gasteiger partial charge in [-0.1, -0.05) is 0 Å². The summed E-state index contributed by atoms with van der Waals surface area (Å²) >= 11 is 0. The second kappa shape index (κ2) is 4.44. The molecule has 0 atom stereocenters. The maximum atomic E-state index is 10.8. The van der Waals surface area contributed by atoms with Crippen LogP contribution in [-0.4, -0.2) is 23.5 Å². The van der Waals surface area contributed by atoms with Crippen LogP contribution in [0.4, 0.5) is 0 Å². The van der Waals surface area contributed by atoms with E-state index in [9.17, 15) is 9.59 Å². The number of esters is 1. The quantitative estimate of drug-likeness (QED) is 0.538. The van der Waals surface area contributed by atoms with Gasteiger partial charge in [0.05, 0.1) is 0 Å². The number of amides is 1. The maximum absolute atomic E-state index is 10.8. The van der Waals surface area contributed by atoms with Crippen molar-refractivity contribution in [2.45, 2.75) is 52.2 Å². The van der Waals surface area contributed by atoms with Crippen LogP contribution in [-0.2, 0) is 14.3 Å². The van der Waals surface area contributed by atoms with Crippen molar-refractivity contribution in [3.8, 4) is 0 Å². The van der Waals surface area contributed by atoms with Gasteiger partial charge in [0.15, 0.2) is 0 Å². The van der Waals surface area contributed by atoms with Crippen molar-refractivity contribution in [2.24, 2.45) is 0 Å². The lowest BCUT2D eigenvalue weighted by molar-refractivity contribution is -0.155. The number of carbonyl (C=O) groups is 2. The summed E-state index contributed by atoms with van der Waals surface area (Å²) < 4.78 is 5.13. The van der Waals surface area contributed by atoms with Crippen molar-refractivity contribution in [2.75, 3.05) is 0 Å². The van der Waals surface area contributed by atoms with Gasteiger partial charge in [0.1, 0.15) is 5.60 Å². The summed E-state index contributed by atoms with van der Waals surface area (Å²) in [7, 11) is 0. The zero-order valence-electron chi connectivity index (χ0n) is 9.51. The first kappa shape index (κ1) is 12.9. The van der Waals surface area contributed by atoms with Crippen LogP contribution in [0.3, 0.4) is 0 Å². The van der Waals surface area contributed by atoms with Crippen LogP contribution in [0.1, 0.15) is 41.0 Å². The molecule has 0 radical (unpaired) electrons. The van der Waals surface area contributed by atoms with Gasteiger partial charge in [-0.2, -0.15) is 0 Å². The molecule has 0 rings (SSSR count). The van der Waals surface area contributed by atoms with Crippen molar-refractivity contribution in [3.05, 3.63) is 0 Å². The van der Waals surface area contributed by atoms with Crippen LogP contribution in [0.5, 0.6) is 0 Å². The molecule has 0 aromatic carbocycles. The van der Waals surface area contributed by atoms with E-state index >= 15 is 0 Å². The van der Waals surface area contributed by atoms with Gasteiger partial charge < -0.3 is 10.1 Å². The van der Waals surface area contributed by atoms with Gasteiger partial charge in [0.25, 0.3) is 0 Å². The molecule has 0 aliphatic heterocycles. The van der Waals surface area contributed by atoms with Gasteiger partial charge >= 0.3 is 5.97 Å². The van der Waals surface area contributed by atoms with Crippen molar-refractivity contribution in [1.82, 2.24) is 5.32 Å². The maximum Gasteiger partial charge on any atom is 0.303 e. The predicted molar refractivity (Wildman–Crippen MR) is 53.7 cm³/mol. The van der Waals surface area contributed by atoms with E-state index < -0.39 is 5.60 Å². The van der Waals surface area contributed by atoms with Gasteiger partial charge in [0, 0.05) is 18.9 Å². The topological polar surface area (TPSA) is 55.4 Å². The Bertz CT molecular complexity index is 221. The Morgan fingerprint density at radius 1 is 1.36 bits per heavy atom. The molecular weight excluding hydrogens is 182 g/mol. The standard InChI is InChI=1S/C10H19NO3/c1-8(13)14-10(4,5)6-9(2,3)11-7-12/h7H,6H2,1-5H3,(H,11,12). The molecule has 0 heterocycles. The molecule has 0 aliphatic carbocycles. The summed E-state index contributed by atoms with van der Waals surface area (Å²) in [5.74, 6) is -0.308. The number of hydrogen-bond donors (Lipinski definition) is 1. The van der Waals surface area contributed by atoms with E-state index in [-0.39, 0.29) is 11.5 Å². The van der Waals surface area contributed by atoms with Crippen LogP contribution in [0.25, 0.3) is 0 Å². The summed E-state index contributed by atoms with van der Waals surface area (Å²) in [6.07, 6.45) is 1.22. The number of hydrogen-bond acceptors (Lipinski definition) is 3. The largest absolute Gasteiger partial charge is 0.460 e. The minimum Gasteiger partial charge on any atom is -0.460 e. The predicted octanol–water partition coefficient (Wildman–Crippen LogP) is 1.24. The van der Waals surface area contributed by atoms with Gasteiger partial charge in [0.2, 0.25) is 6.41 Å². The summed E-state index contributed by atoms with van der Waals surface area (Å²) in [6, 6.07) is 0. The molecule has 0 aromatic rings. The van der Waals surface area contributed by atoms with Crippen LogP contribution >= 0.6 is 0 Å². The van der Waals surface area contributed by atoms with Crippen LogP contribution in [0.2, 0.25) is 0 Å². The van der Waals surface area contributed by atoms with Gasteiger partial charge in [-0.25, -0.2) is 0 Å². The molecule has 82 valence electrons. The number of ether oxygens (including phenoxy) is 1. The van der Waals surface area contributed by atoms with E-state index in [2.05, 4.69) is 5.32 Å². The Morgan fingerprint density at radius 3 is 2.21 bits per heavy atom. The third kappa shape index (κ3) is 5.56. The lowest BCUT2D eigenvalue weighted by Gasteiger charge is -2.33. The van der Waals surface area contributed by atoms with Gasteiger partial charge in [-0.3, -0.25) is 9.59 Å². The van der Waals surface area contributed by atoms with Crippen LogP contribution in [0, 0.1) is 0 Å². The Balaban J connectivity index is 4.32. The monoisotopic (exact) mass is 201 g/mol. The zero-order chi connectivity index (χ0) is 11.4. The second-order valence-corrected chi connectivity index (χ2v) is 4.68. The summed E-state index contributed by atoms with van der Waals surface area (Å²) in [5, 5.41) is 2.68.